The highest BCUT2D eigenvalue weighted by atomic mass is 32.2. The van der Waals surface area contributed by atoms with Crippen molar-refractivity contribution in [3.8, 4) is 0 Å². The molecule has 0 atom stereocenters. The summed E-state index contributed by atoms with van der Waals surface area (Å²) in [4.78, 5) is 34.1. The minimum absolute atomic E-state index is 0.0709. The largest absolute Gasteiger partial charge is 0.416 e. The van der Waals surface area contributed by atoms with Crippen molar-refractivity contribution in [2.45, 2.75) is 30.2 Å². The smallest absolute Gasteiger partial charge is 0.368 e. The molecule has 0 N–H and O–H groups in total. The van der Waals surface area contributed by atoms with Crippen LogP contribution in [-0.2, 0) is 11.0 Å². The van der Waals surface area contributed by atoms with Crippen LogP contribution < -0.4 is 10.5 Å². The summed E-state index contributed by atoms with van der Waals surface area (Å²) in [6.07, 6.45) is -2.53. The number of halogens is 3. The van der Waals surface area contributed by atoms with Gasteiger partial charge >= 0.3 is 6.18 Å². The van der Waals surface area contributed by atoms with E-state index >= 15 is 0 Å². The minimum atomic E-state index is -4.39. The highest BCUT2D eigenvalue weighted by Gasteiger charge is 2.32. The molecular weight excluding hydrogens is 465 g/mol. The van der Waals surface area contributed by atoms with Gasteiger partial charge in [-0.2, -0.15) is 13.2 Å². The zero-order valence-electron chi connectivity index (χ0n) is 18.3. The van der Waals surface area contributed by atoms with E-state index in [9.17, 15) is 22.8 Å². The van der Waals surface area contributed by atoms with Crippen molar-refractivity contribution in [3.63, 3.8) is 0 Å². The Morgan fingerprint density at radius 1 is 1.03 bits per heavy atom. The molecule has 0 radical (unpaired) electrons. The van der Waals surface area contributed by atoms with Gasteiger partial charge in [-0.25, -0.2) is 4.98 Å². The Kier molecular flexibility index (Phi) is 6.01. The van der Waals surface area contributed by atoms with Gasteiger partial charge in [-0.05, 0) is 43.2 Å². The molecule has 2 heterocycles. The third-order valence-electron chi connectivity index (χ3n) is 6.18. The Hall–Kier alpha value is -3.01. The Morgan fingerprint density at radius 2 is 1.76 bits per heavy atom. The summed E-state index contributed by atoms with van der Waals surface area (Å²) in [6, 6.07) is 12.6. The molecule has 34 heavy (non-hydrogen) atoms. The molecule has 0 spiro atoms. The maximum atomic E-state index is 13.0. The number of anilines is 1. The topological polar surface area (TPSA) is 58.4 Å². The van der Waals surface area contributed by atoms with E-state index in [2.05, 4.69) is 4.98 Å². The van der Waals surface area contributed by atoms with E-state index in [1.807, 2.05) is 17.0 Å². The predicted octanol–water partition coefficient (Wildman–Crippen LogP) is 4.19. The van der Waals surface area contributed by atoms with Crippen molar-refractivity contribution < 1.29 is 18.0 Å². The van der Waals surface area contributed by atoms with Crippen molar-refractivity contribution in [2.24, 2.45) is 0 Å². The van der Waals surface area contributed by atoms with Crippen LogP contribution in [0.15, 0.2) is 58.5 Å². The molecule has 0 unspecified atom stereocenters. The summed E-state index contributed by atoms with van der Waals surface area (Å²) in [5.41, 5.74) is 0.376. The zero-order valence-corrected chi connectivity index (χ0v) is 19.1. The van der Waals surface area contributed by atoms with Gasteiger partial charge in [0.1, 0.15) is 0 Å². The number of hydrogen-bond acceptors (Lipinski definition) is 5. The first-order valence-corrected chi connectivity index (χ1v) is 12.1. The standard InChI is InChI=1S/C24H23F3N4O2S/c25-24(26,27)16-4-3-5-18(14-16)29-10-12-30(13-11-29)21(32)15-34-23-28-20-7-2-1-6-19(20)22(33)31(23)17-8-9-17/h1-7,14,17H,8-13,15H2. The van der Waals surface area contributed by atoms with Gasteiger partial charge in [0.05, 0.1) is 22.2 Å². The Morgan fingerprint density at radius 3 is 2.47 bits per heavy atom. The quantitative estimate of drug-likeness (QED) is 0.398. The average Bonchev–Trinajstić information content (AvgIpc) is 3.67. The van der Waals surface area contributed by atoms with E-state index in [0.29, 0.717) is 47.9 Å². The number of nitrogens with zero attached hydrogens (tertiary/aromatic N) is 4. The number of carbonyl (C=O) groups excluding carboxylic acids is 1. The third kappa shape index (κ3) is 4.64. The summed E-state index contributed by atoms with van der Waals surface area (Å²) in [6.45, 7) is 1.77. The number of piperazine rings is 1. The lowest BCUT2D eigenvalue weighted by Gasteiger charge is -2.36. The van der Waals surface area contributed by atoms with E-state index in [0.717, 1.165) is 25.0 Å². The Balaban J connectivity index is 1.24. The first-order chi connectivity index (χ1) is 16.3. The van der Waals surface area contributed by atoms with Crippen LogP contribution >= 0.6 is 11.8 Å². The maximum absolute atomic E-state index is 13.0. The van der Waals surface area contributed by atoms with E-state index in [1.165, 1.54) is 17.8 Å². The van der Waals surface area contributed by atoms with Crippen LogP contribution in [-0.4, -0.2) is 52.3 Å². The van der Waals surface area contributed by atoms with E-state index in [1.54, 1.807) is 27.7 Å². The van der Waals surface area contributed by atoms with Crippen molar-refractivity contribution in [1.29, 1.82) is 0 Å². The lowest BCUT2D eigenvalue weighted by Crippen LogP contribution is -2.49. The normalized spacial score (nSPS) is 16.8. The second-order valence-electron chi connectivity index (χ2n) is 8.52. The van der Waals surface area contributed by atoms with Crippen LogP contribution in [0.25, 0.3) is 10.9 Å². The molecule has 1 aliphatic carbocycles. The van der Waals surface area contributed by atoms with E-state index < -0.39 is 11.7 Å². The van der Waals surface area contributed by atoms with Gasteiger partial charge in [0.15, 0.2) is 5.16 Å². The number of thioether (sulfide) groups is 1. The highest BCUT2D eigenvalue weighted by molar-refractivity contribution is 7.99. The molecule has 10 heteroatoms. The fraction of sp³-hybridized carbons (Fsp3) is 0.375. The fourth-order valence-corrected chi connectivity index (χ4v) is 5.16. The van der Waals surface area contributed by atoms with Crippen molar-refractivity contribution in [1.82, 2.24) is 14.5 Å². The first-order valence-electron chi connectivity index (χ1n) is 11.2. The molecule has 2 aromatic carbocycles. The number of amides is 1. The van der Waals surface area contributed by atoms with E-state index in [-0.39, 0.29) is 23.3 Å². The van der Waals surface area contributed by atoms with Gasteiger partial charge in [0, 0.05) is 37.9 Å². The molecule has 5 rings (SSSR count). The summed E-state index contributed by atoms with van der Waals surface area (Å²) in [7, 11) is 0. The lowest BCUT2D eigenvalue weighted by atomic mass is 10.1. The second-order valence-corrected chi connectivity index (χ2v) is 9.46. The highest BCUT2D eigenvalue weighted by Crippen LogP contribution is 2.37. The van der Waals surface area contributed by atoms with E-state index in [4.69, 9.17) is 0 Å². The number of alkyl halides is 3. The fourth-order valence-electron chi connectivity index (χ4n) is 4.19. The average molecular weight is 489 g/mol. The van der Waals surface area contributed by atoms with Crippen molar-refractivity contribution >= 4 is 34.3 Å². The van der Waals surface area contributed by atoms with Gasteiger partial charge in [-0.3, -0.25) is 14.2 Å². The van der Waals surface area contributed by atoms with Crippen LogP contribution in [0.4, 0.5) is 18.9 Å². The number of aromatic nitrogens is 2. The molecule has 1 saturated heterocycles. The molecule has 0 bridgehead atoms. The molecule has 1 saturated carbocycles. The van der Waals surface area contributed by atoms with Crippen LogP contribution in [0, 0.1) is 0 Å². The summed E-state index contributed by atoms with van der Waals surface area (Å²) in [5.74, 6) is 0.0829. The Labute approximate surface area is 198 Å². The number of benzene rings is 2. The summed E-state index contributed by atoms with van der Waals surface area (Å²) < 4.78 is 40.8. The molecule has 6 nitrogen and oxygen atoms in total. The monoisotopic (exact) mass is 488 g/mol. The number of carbonyl (C=O) groups is 1. The van der Waals surface area contributed by atoms with Crippen LogP contribution in [0.5, 0.6) is 0 Å². The SMILES string of the molecule is O=C(CSc1nc2ccccc2c(=O)n1C1CC1)N1CCN(c2cccc(C(F)(F)F)c2)CC1. The number of para-hydroxylation sites is 1. The minimum Gasteiger partial charge on any atom is -0.368 e. The van der Waals surface area contributed by atoms with Gasteiger partial charge < -0.3 is 9.80 Å². The van der Waals surface area contributed by atoms with Crippen LogP contribution in [0.1, 0.15) is 24.4 Å². The van der Waals surface area contributed by atoms with Crippen LogP contribution in [0.2, 0.25) is 0 Å². The molecule has 1 aliphatic heterocycles. The molecule has 178 valence electrons. The zero-order chi connectivity index (χ0) is 23.9. The lowest BCUT2D eigenvalue weighted by molar-refractivity contribution is -0.137. The van der Waals surface area contributed by atoms with Crippen molar-refractivity contribution in [3.05, 3.63) is 64.4 Å². The molecular formula is C24H23F3N4O2S. The maximum Gasteiger partial charge on any atom is 0.416 e. The molecule has 1 amide bonds. The second kappa shape index (κ2) is 8.98. The Bertz CT molecular complexity index is 1280. The predicted molar refractivity (Wildman–Crippen MR) is 125 cm³/mol. The molecule has 1 aromatic heterocycles. The first kappa shape index (κ1) is 22.8. The third-order valence-corrected chi connectivity index (χ3v) is 7.12. The van der Waals surface area contributed by atoms with Gasteiger partial charge in [-0.15, -0.1) is 0 Å². The van der Waals surface area contributed by atoms with Gasteiger partial charge in [0.2, 0.25) is 5.91 Å². The number of rotatable bonds is 5. The van der Waals surface area contributed by atoms with Gasteiger partial charge in [0.25, 0.3) is 5.56 Å². The molecule has 3 aromatic rings. The summed E-state index contributed by atoms with van der Waals surface area (Å²) >= 11 is 1.27. The molecule has 2 fully saturated rings. The number of fused-ring (bicyclic) bond motifs is 1. The summed E-state index contributed by atoms with van der Waals surface area (Å²) in [5, 5.41) is 1.14. The molecule has 2 aliphatic rings. The van der Waals surface area contributed by atoms with Gasteiger partial charge in [-0.1, -0.05) is 30.0 Å². The number of hydrogen-bond donors (Lipinski definition) is 0. The van der Waals surface area contributed by atoms with Crippen molar-refractivity contribution in [2.75, 3.05) is 36.8 Å². The van der Waals surface area contributed by atoms with Crippen LogP contribution in [0.3, 0.4) is 0 Å².